The molecule has 0 unspecified atom stereocenters. The number of halogens is 6. The molecule has 1 N–H and O–H groups in total. The normalized spacial score (nSPS) is 15.2. The Labute approximate surface area is 223 Å². The number of anilines is 1. The smallest absolute Gasteiger partial charge is 0.416 e. The van der Waals surface area contributed by atoms with Crippen LogP contribution in [-0.4, -0.2) is 17.8 Å². The molecule has 6 nitrogen and oxygen atoms in total. The third-order valence-corrected chi connectivity index (χ3v) is 6.10. The molecule has 190 valence electrons. The zero-order chi connectivity index (χ0) is 26.9. The van der Waals surface area contributed by atoms with Gasteiger partial charge in [-0.2, -0.15) is 13.2 Å². The molecule has 0 radical (unpaired) electrons. The molecule has 3 aromatic carbocycles. The first-order valence-corrected chi connectivity index (χ1v) is 11.5. The van der Waals surface area contributed by atoms with Crippen LogP contribution in [0.2, 0.25) is 15.1 Å². The van der Waals surface area contributed by atoms with Crippen molar-refractivity contribution in [2.24, 2.45) is 0 Å². The molecular weight excluding hydrogens is 556 g/mol. The molecule has 1 aliphatic heterocycles. The lowest BCUT2D eigenvalue weighted by atomic mass is 10.1. The number of hydrogen-bond acceptors (Lipinski definition) is 4. The van der Waals surface area contributed by atoms with E-state index in [0.717, 1.165) is 6.07 Å². The van der Waals surface area contributed by atoms with Crippen LogP contribution in [0.15, 0.2) is 66.2 Å². The van der Waals surface area contributed by atoms with E-state index in [9.17, 15) is 27.6 Å². The number of carbonyl (C=O) groups is 3. The van der Waals surface area contributed by atoms with E-state index in [0.29, 0.717) is 44.0 Å². The maximum atomic E-state index is 13.2. The molecule has 4 amide bonds. The van der Waals surface area contributed by atoms with Crippen molar-refractivity contribution in [1.29, 1.82) is 0 Å². The van der Waals surface area contributed by atoms with Crippen LogP contribution in [0.5, 0.6) is 5.75 Å². The summed E-state index contributed by atoms with van der Waals surface area (Å²) in [6.07, 6.45) is -3.57. The minimum Gasteiger partial charge on any atom is -0.489 e. The maximum absolute atomic E-state index is 13.2. The van der Waals surface area contributed by atoms with Crippen molar-refractivity contribution in [3.63, 3.8) is 0 Å². The van der Waals surface area contributed by atoms with E-state index in [1.807, 2.05) is 5.32 Å². The number of barbiturate groups is 1. The molecule has 1 saturated heterocycles. The molecule has 12 heteroatoms. The van der Waals surface area contributed by atoms with Gasteiger partial charge in [0, 0.05) is 15.6 Å². The first kappa shape index (κ1) is 26.5. The van der Waals surface area contributed by atoms with E-state index in [1.54, 1.807) is 36.4 Å². The molecule has 0 aliphatic carbocycles. The van der Waals surface area contributed by atoms with Crippen LogP contribution < -0.4 is 15.0 Å². The number of ether oxygens (including phenoxy) is 1. The number of hydrogen-bond donors (Lipinski definition) is 1. The van der Waals surface area contributed by atoms with Gasteiger partial charge in [0.1, 0.15) is 17.9 Å². The average Bonchev–Trinajstić information content (AvgIpc) is 2.82. The summed E-state index contributed by atoms with van der Waals surface area (Å²) >= 11 is 18.0. The van der Waals surface area contributed by atoms with E-state index < -0.39 is 40.8 Å². The van der Waals surface area contributed by atoms with E-state index in [1.165, 1.54) is 12.1 Å². The Balaban J connectivity index is 1.62. The molecular formula is C25H14Cl3F3N2O4. The maximum Gasteiger partial charge on any atom is 0.416 e. The second-order valence-corrected chi connectivity index (χ2v) is 8.97. The van der Waals surface area contributed by atoms with Crippen molar-refractivity contribution in [2.75, 3.05) is 4.90 Å². The fraction of sp³-hybridized carbons (Fsp3) is 0.0800. The van der Waals surface area contributed by atoms with Gasteiger partial charge in [0.15, 0.2) is 0 Å². The van der Waals surface area contributed by atoms with Crippen LogP contribution in [0.3, 0.4) is 0 Å². The highest BCUT2D eigenvalue weighted by Gasteiger charge is 2.39. The Bertz CT molecular complexity index is 1460. The molecule has 3 aromatic rings. The van der Waals surface area contributed by atoms with Crippen molar-refractivity contribution in [3.05, 3.63) is 98.0 Å². The van der Waals surface area contributed by atoms with Crippen molar-refractivity contribution >= 4 is 64.4 Å². The number of nitrogens with one attached hydrogen (secondary N) is 1. The molecule has 37 heavy (non-hydrogen) atoms. The molecule has 0 saturated carbocycles. The fourth-order valence-electron chi connectivity index (χ4n) is 3.40. The van der Waals surface area contributed by atoms with Crippen LogP contribution >= 0.6 is 34.8 Å². The highest BCUT2D eigenvalue weighted by Crippen LogP contribution is 2.36. The van der Waals surface area contributed by atoms with E-state index in [4.69, 9.17) is 39.5 Å². The van der Waals surface area contributed by atoms with Crippen LogP contribution in [-0.2, 0) is 22.4 Å². The number of benzene rings is 3. The molecule has 1 fully saturated rings. The second-order valence-electron chi connectivity index (χ2n) is 7.72. The van der Waals surface area contributed by atoms with Crippen molar-refractivity contribution in [3.8, 4) is 5.75 Å². The van der Waals surface area contributed by atoms with Gasteiger partial charge in [-0.3, -0.25) is 14.9 Å². The second kappa shape index (κ2) is 10.5. The lowest BCUT2D eigenvalue weighted by molar-refractivity contribution is -0.137. The number of carbonyl (C=O) groups excluding carboxylic acids is 3. The first-order valence-electron chi connectivity index (χ1n) is 10.4. The van der Waals surface area contributed by atoms with Gasteiger partial charge in [-0.1, -0.05) is 53.0 Å². The predicted molar refractivity (Wildman–Crippen MR) is 133 cm³/mol. The number of nitrogens with zero attached hydrogens (tertiary/aromatic N) is 1. The summed E-state index contributed by atoms with van der Waals surface area (Å²) in [5.41, 5.74) is -1.12. The summed E-state index contributed by atoms with van der Waals surface area (Å²) in [7, 11) is 0. The summed E-state index contributed by atoms with van der Waals surface area (Å²) in [4.78, 5) is 38.4. The van der Waals surface area contributed by atoms with E-state index in [2.05, 4.69) is 0 Å². The molecule has 0 atom stereocenters. The van der Waals surface area contributed by atoms with Gasteiger partial charge in [0.05, 0.1) is 16.3 Å². The zero-order valence-corrected chi connectivity index (χ0v) is 20.7. The van der Waals surface area contributed by atoms with Crippen LogP contribution in [0.25, 0.3) is 6.08 Å². The Kier molecular flexibility index (Phi) is 7.49. The summed E-state index contributed by atoms with van der Waals surface area (Å²) in [6, 6.07) is 12.2. The van der Waals surface area contributed by atoms with E-state index >= 15 is 0 Å². The Morgan fingerprint density at radius 1 is 0.919 bits per heavy atom. The molecule has 4 rings (SSSR count). The minimum atomic E-state index is -4.75. The Morgan fingerprint density at radius 3 is 2.38 bits per heavy atom. The fourth-order valence-corrected chi connectivity index (χ4v) is 4.06. The zero-order valence-electron chi connectivity index (χ0n) is 18.4. The van der Waals surface area contributed by atoms with Crippen LogP contribution in [0.1, 0.15) is 16.7 Å². The van der Waals surface area contributed by atoms with Crippen molar-refractivity contribution < 1.29 is 32.3 Å². The van der Waals surface area contributed by atoms with E-state index in [-0.39, 0.29) is 11.6 Å². The van der Waals surface area contributed by atoms with Crippen molar-refractivity contribution in [2.45, 2.75) is 12.8 Å². The standard InChI is InChI=1S/C25H14Cl3F3N2O4/c26-16-6-4-14(20(28)11-16)12-37-17-3-1-2-13(8-17)9-18-22(34)32-24(36)33(23(18)35)21-10-15(25(29,30)31)5-7-19(21)27/h1-11H,12H2,(H,32,34,36)/b18-9+. The predicted octanol–water partition coefficient (Wildman–Crippen LogP) is 6.91. The first-order chi connectivity index (χ1) is 17.4. The van der Waals surface area contributed by atoms with Gasteiger partial charge >= 0.3 is 12.2 Å². The Hall–Kier alpha value is -3.53. The van der Waals surface area contributed by atoms with Crippen molar-refractivity contribution in [1.82, 2.24) is 5.32 Å². The lowest BCUT2D eigenvalue weighted by Gasteiger charge is -2.27. The largest absolute Gasteiger partial charge is 0.489 e. The molecule has 0 spiro atoms. The highest BCUT2D eigenvalue weighted by atomic mass is 35.5. The summed E-state index contributed by atoms with van der Waals surface area (Å²) in [5, 5.41) is 2.54. The van der Waals surface area contributed by atoms with Gasteiger partial charge < -0.3 is 4.74 Å². The SMILES string of the molecule is O=C1NC(=O)N(c2cc(C(F)(F)F)ccc2Cl)C(=O)/C1=C/c1cccc(OCc2ccc(Cl)cc2Cl)c1. The van der Waals surface area contributed by atoms with Crippen LogP contribution in [0.4, 0.5) is 23.7 Å². The monoisotopic (exact) mass is 568 g/mol. The molecule has 0 aromatic heterocycles. The van der Waals surface area contributed by atoms with Gasteiger partial charge in [-0.15, -0.1) is 0 Å². The van der Waals surface area contributed by atoms with Gasteiger partial charge in [-0.05, 0) is 54.1 Å². The average molecular weight is 570 g/mol. The summed E-state index contributed by atoms with van der Waals surface area (Å²) in [6.45, 7) is 0.103. The summed E-state index contributed by atoms with van der Waals surface area (Å²) < 4.78 is 45.3. The molecule has 0 bridgehead atoms. The van der Waals surface area contributed by atoms with Gasteiger partial charge in [0.2, 0.25) is 0 Å². The van der Waals surface area contributed by atoms with Gasteiger partial charge in [0.25, 0.3) is 11.8 Å². The number of imide groups is 2. The van der Waals surface area contributed by atoms with Crippen LogP contribution in [0, 0.1) is 0 Å². The van der Waals surface area contributed by atoms with Gasteiger partial charge in [-0.25, -0.2) is 9.69 Å². The number of rotatable bonds is 5. The lowest BCUT2D eigenvalue weighted by Crippen LogP contribution is -2.54. The summed E-state index contributed by atoms with van der Waals surface area (Å²) in [5.74, 6) is -1.79. The molecule has 1 aliphatic rings. The minimum absolute atomic E-state index is 0.103. The topological polar surface area (TPSA) is 75.7 Å². The number of amides is 4. The molecule has 1 heterocycles. The third kappa shape index (κ3) is 5.90. The third-order valence-electron chi connectivity index (χ3n) is 5.19. The number of alkyl halides is 3. The Morgan fingerprint density at radius 2 is 1.68 bits per heavy atom. The number of urea groups is 1. The highest BCUT2D eigenvalue weighted by molar-refractivity contribution is 6.42. The quantitative estimate of drug-likeness (QED) is 0.268.